The lowest BCUT2D eigenvalue weighted by Gasteiger charge is -2.13. The molecule has 2 unspecified atom stereocenters. The predicted octanol–water partition coefficient (Wildman–Crippen LogP) is 3.85. The van der Waals surface area contributed by atoms with Crippen molar-refractivity contribution in [2.24, 2.45) is 0 Å². The van der Waals surface area contributed by atoms with Gasteiger partial charge in [0, 0.05) is 23.5 Å². The second-order valence-electron chi connectivity index (χ2n) is 6.60. The maximum atomic E-state index is 13.0. The van der Waals surface area contributed by atoms with E-state index in [-0.39, 0.29) is 23.3 Å². The van der Waals surface area contributed by atoms with Crippen molar-refractivity contribution in [1.82, 2.24) is 9.97 Å². The van der Waals surface area contributed by atoms with Crippen LogP contribution < -0.4 is 16.3 Å². The van der Waals surface area contributed by atoms with E-state index in [9.17, 15) is 18.0 Å². The Morgan fingerprint density at radius 3 is 2.27 bits per heavy atom. The van der Waals surface area contributed by atoms with Gasteiger partial charge in [-0.3, -0.25) is 0 Å². The lowest BCUT2D eigenvalue weighted by molar-refractivity contribution is -0.138. The van der Waals surface area contributed by atoms with Crippen LogP contribution in [0, 0.1) is 6.92 Å². The Labute approximate surface area is 146 Å². The molecule has 8 heteroatoms. The van der Waals surface area contributed by atoms with Crippen LogP contribution in [0.2, 0.25) is 0 Å². The van der Waals surface area contributed by atoms with E-state index in [4.69, 9.17) is 0 Å². The monoisotopic (exact) mass is 362 g/mol. The normalized spacial score (nSPS) is 19.5. The van der Waals surface area contributed by atoms with Crippen LogP contribution in [0.15, 0.2) is 41.2 Å². The molecule has 3 aromatic rings. The first-order chi connectivity index (χ1) is 12.3. The lowest BCUT2D eigenvalue weighted by atomic mass is 10.1. The third kappa shape index (κ3) is 3.26. The molecule has 1 heterocycles. The number of rotatable bonds is 4. The van der Waals surface area contributed by atoms with Crippen molar-refractivity contribution < 1.29 is 13.2 Å². The quantitative estimate of drug-likeness (QED) is 0.570. The number of anilines is 2. The van der Waals surface area contributed by atoms with Crippen molar-refractivity contribution >= 4 is 22.4 Å². The number of hydrogen-bond acceptors (Lipinski definition) is 3. The number of nitrogens with one attached hydrogen (secondary N) is 4. The Morgan fingerprint density at radius 1 is 0.962 bits per heavy atom. The topological polar surface area (TPSA) is 72.7 Å². The van der Waals surface area contributed by atoms with Gasteiger partial charge in [-0.1, -0.05) is 6.07 Å². The zero-order valence-corrected chi connectivity index (χ0v) is 13.9. The van der Waals surface area contributed by atoms with Crippen molar-refractivity contribution in [3.05, 3.63) is 58.0 Å². The molecule has 0 amide bonds. The molecule has 0 aliphatic heterocycles. The van der Waals surface area contributed by atoms with Crippen LogP contribution in [0.5, 0.6) is 0 Å². The summed E-state index contributed by atoms with van der Waals surface area (Å²) in [6, 6.07) is 9.96. The minimum atomic E-state index is -4.36. The summed E-state index contributed by atoms with van der Waals surface area (Å²) in [5.74, 6) is 0. The average molecular weight is 362 g/mol. The number of alkyl halides is 3. The number of aromatic nitrogens is 2. The van der Waals surface area contributed by atoms with Gasteiger partial charge in [-0.05, 0) is 49.2 Å². The summed E-state index contributed by atoms with van der Waals surface area (Å²) in [6.45, 7) is 1.45. The first kappa shape index (κ1) is 16.6. The largest absolute Gasteiger partial charge is 0.416 e. The number of hydrogen-bond donors (Lipinski definition) is 4. The molecule has 5 nitrogen and oxygen atoms in total. The third-order valence-corrected chi connectivity index (χ3v) is 4.55. The van der Waals surface area contributed by atoms with Gasteiger partial charge in [0.2, 0.25) is 0 Å². The first-order valence-electron chi connectivity index (χ1n) is 8.22. The van der Waals surface area contributed by atoms with Gasteiger partial charge in [0.25, 0.3) is 0 Å². The standard InChI is InChI=1S/C18H17F3N4O/c1-9-2-3-10(6-12(9)18(19,20)21)22-15-8-16(15)23-11-4-5-13-14(7-11)25-17(26)24-13/h2-7,15-16,22-23H,8H2,1H3,(H2,24,25,26). The van der Waals surface area contributed by atoms with Gasteiger partial charge in [0.1, 0.15) is 0 Å². The SMILES string of the molecule is Cc1ccc(NC2CC2Nc2ccc3[nH]c(=O)[nH]c3c2)cc1C(F)(F)F. The van der Waals surface area contributed by atoms with Crippen LogP contribution in [0.4, 0.5) is 24.5 Å². The fraction of sp³-hybridized carbons (Fsp3) is 0.278. The third-order valence-electron chi connectivity index (χ3n) is 4.55. The van der Waals surface area contributed by atoms with Gasteiger partial charge in [-0.15, -0.1) is 0 Å². The van der Waals surface area contributed by atoms with E-state index in [1.54, 1.807) is 12.1 Å². The highest BCUT2D eigenvalue weighted by atomic mass is 19.4. The van der Waals surface area contributed by atoms with Gasteiger partial charge in [-0.2, -0.15) is 13.2 Å². The Hall–Kier alpha value is -2.90. The van der Waals surface area contributed by atoms with Crippen LogP contribution in [-0.4, -0.2) is 22.1 Å². The molecule has 2 aromatic carbocycles. The van der Waals surface area contributed by atoms with Gasteiger partial charge in [0.05, 0.1) is 16.6 Å². The fourth-order valence-electron chi connectivity index (χ4n) is 3.08. The molecule has 2 atom stereocenters. The van der Waals surface area contributed by atoms with Crippen LogP contribution in [0.3, 0.4) is 0 Å². The van der Waals surface area contributed by atoms with Crippen LogP contribution in [0.1, 0.15) is 17.5 Å². The summed E-state index contributed by atoms with van der Waals surface area (Å²) in [5.41, 5.74) is 2.08. The highest BCUT2D eigenvalue weighted by Crippen LogP contribution is 2.35. The summed E-state index contributed by atoms with van der Waals surface area (Å²) < 4.78 is 39.0. The summed E-state index contributed by atoms with van der Waals surface area (Å²) in [5, 5.41) is 6.46. The fourth-order valence-corrected chi connectivity index (χ4v) is 3.08. The van der Waals surface area contributed by atoms with Crippen molar-refractivity contribution in [2.75, 3.05) is 10.6 Å². The van der Waals surface area contributed by atoms with Gasteiger partial charge >= 0.3 is 11.9 Å². The van der Waals surface area contributed by atoms with Crippen LogP contribution >= 0.6 is 0 Å². The Morgan fingerprint density at radius 2 is 1.58 bits per heavy atom. The van der Waals surface area contributed by atoms with E-state index >= 15 is 0 Å². The minimum Gasteiger partial charge on any atom is -0.380 e. The molecule has 4 N–H and O–H groups in total. The molecule has 1 saturated carbocycles. The van der Waals surface area contributed by atoms with Gasteiger partial charge in [0.15, 0.2) is 0 Å². The second kappa shape index (κ2) is 5.82. The maximum absolute atomic E-state index is 13.0. The number of aromatic amines is 2. The highest BCUT2D eigenvalue weighted by molar-refractivity contribution is 5.78. The van der Waals surface area contributed by atoms with E-state index < -0.39 is 11.7 Å². The molecule has 0 saturated heterocycles. The zero-order valence-electron chi connectivity index (χ0n) is 13.9. The Kier molecular flexibility index (Phi) is 3.71. The van der Waals surface area contributed by atoms with Gasteiger partial charge in [-0.25, -0.2) is 4.79 Å². The van der Waals surface area contributed by atoms with Crippen molar-refractivity contribution in [3.63, 3.8) is 0 Å². The molecule has 1 aliphatic rings. The number of aryl methyl sites for hydroxylation is 1. The molecule has 4 rings (SSSR count). The average Bonchev–Trinajstić information content (AvgIpc) is 3.15. The molecule has 26 heavy (non-hydrogen) atoms. The zero-order chi connectivity index (χ0) is 18.5. The Balaban J connectivity index is 1.43. The van der Waals surface area contributed by atoms with Crippen LogP contribution in [-0.2, 0) is 6.18 Å². The molecule has 0 radical (unpaired) electrons. The van der Waals surface area contributed by atoms with E-state index in [1.165, 1.54) is 13.0 Å². The van der Waals surface area contributed by atoms with Crippen molar-refractivity contribution in [3.8, 4) is 0 Å². The number of H-pyrrole nitrogens is 2. The molecule has 1 aliphatic carbocycles. The Bertz CT molecular complexity index is 1020. The number of fused-ring (bicyclic) bond motifs is 1. The molecular weight excluding hydrogens is 345 g/mol. The molecular formula is C18H17F3N4O. The van der Waals surface area contributed by atoms with E-state index in [1.807, 2.05) is 12.1 Å². The molecule has 1 fully saturated rings. The smallest absolute Gasteiger partial charge is 0.380 e. The summed E-state index contributed by atoms with van der Waals surface area (Å²) in [7, 11) is 0. The lowest BCUT2D eigenvalue weighted by Crippen LogP contribution is -2.14. The van der Waals surface area contributed by atoms with Crippen molar-refractivity contribution in [2.45, 2.75) is 31.6 Å². The number of benzene rings is 2. The van der Waals surface area contributed by atoms with E-state index in [0.717, 1.165) is 23.7 Å². The predicted molar refractivity (Wildman–Crippen MR) is 94.5 cm³/mol. The number of halogens is 3. The highest BCUT2D eigenvalue weighted by Gasteiger charge is 2.38. The van der Waals surface area contributed by atoms with Crippen molar-refractivity contribution in [1.29, 1.82) is 0 Å². The minimum absolute atomic E-state index is 0.0553. The first-order valence-corrected chi connectivity index (χ1v) is 8.22. The maximum Gasteiger partial charge on any atom is 0.416 e. The second-order valence-corrected chi connectivity index (χ2v) is 6.60. The number of imidazole rings is 1. The summed E-state index contributed by atoms with van der Waals surface area (Å²) >= 11 is 0. The summed E-state index contributed by atoms with van der Waals surface area (Å²) in [4.78, 5) is 16.7. The van der Waals surface area contributed by atoms with E-state index in [0.29, 0.717) is 11.2 Å². The molecule has 0 bridgehead atoms. The molecule has 136 valence electrons. The van der Waals surface area contributed by atoms with E-state index in [2.05, 4.69) is 20.6 Å². The molecule has 0 spiro atoms. The van der Waals surface area contributed by atoms with Crippen LogP contribution in [0.25, 0.3) is 11.0 Å². The molecule has 1 aromatic heterocycles. The van der Waals surface area contributed by atoms with Gasteiger partial charge < -0.3 is 20.6 Å². The summed E-state index contributed by atoms with van der Waals surface area (Å²) in [6.07, 6.45) is -3.55.